The SMILES string of the molecule is CCOc1cc(C(=O)OCC(=O)Nc2ccc(SC)cc2)cc(OCC)c1OCC. The number of rotatable bonds is 11. The molecule has 0 atom stereocenters. The lowest BCUT2D eigenvalue weighted by molar-refractivity contribution is -0.119. The van der Waals surface area contributed by atoms with Crippen LogP contribution in [0.15, 0.2) is 41.3 Å². The van der Waals surface area contributed by atoms with E-state index in [1.54, 1.807) is 23.9 Å². The second-order valence-electron chi connectivity index (χ2n) is 5.95. The molecule has 30 heavy (non-hydrogen) atoms. The molecule has 0 bridgehead atoms. The molecule has 0 saturated heterocycles. The Labute approximate surface area is 181 Å². The predicted molar refractivity (Wildman–Crippen MR) is 117 cm³/mol. The smallest absolute Gasteiger partial charge is 0.338 e. The fourth-order valence-electron chi connectivity index (χ4n) is 2.59. The number of nitrogens with one attached hydrogen (secondary N) is 1. The summed E-state index contributed by atoms with van der Waals surface area (Å²) in [6.07, 6.45) is 1.97. The standard InChI is InChI=1S/C22H27NO6S/c1-5-26-18-12-15(13-19(27-6-2)21(18)28-7-3)22(25)29-14-20(24)23-16-8-10-17(30-4)11-9-16/h8-13H,5-7,14H2,1-4H3,(H,23,24). The first-order chi connectivity index (χ1) is 14.5. The maximum absolute atomic E-state index is 12.5. The third kappa shape index (κ3) is 6.59. The molecule has 0 aliphatic rings. The molecule has 0 heterocycles. The van der Waals surface area contributed by atoms with Crippen molar-refractivity contribution in [3.63, 3.8) is 0 Å². The van der Waals surface area contributed by atoms with Crippen molar-refractivity contribution in [2.75, 3.05) is 38.0 Å². The van der Waals surface area contributed by atoms with Crippen LogP contribution >= 0.6 is 11.8 Å². The molecule has 8 heteroatoms. The lowest BCUT2D eigenvalue weighted by Crippen LogP contribution is -2.21. The molecule has 7 nitrogen and oxygen atoms in total. The van der Waals surface area contributed by atoms with E-state index in [0.717, 1.165) is 4.90 Å². The highest BCUT2D eigenvalue weighted by molar-refractivity contribution is 7.98. The van der Waals surface area contributed by atoms with Crippen molar-refractivity contribution in [1.82, 2.24) is 0 Å². The molecule has 0 saturated carbocycles. The average Bonchev–Trinajstić information content (AvgIpc) is 2.75. The number of hydrogen-bond donors (Lipinski definition) is 1. The summed E-state index contributed by atoms with van der Waals surface area (Å²) in [6.45, 7) is 6.30. The molecule has 2 rings (SSSR count). The van der Waals surface area contributed by atoms with Gasteiger partial charge in [0.2, 0.25) is 5.75 Å². The third-order valence-corrected chi connectivity index (χ3v) is 4.60. The average molecular weight is 434 g/mol. The van der Waals surface area contributed by atoms with Crippen LogP contribution in [-0.2, 0) is 9.53 Å². The number of thioether (sulfide) groups is 1. The maximum Gasteiger partial charge on any atom is 0.338 e. The fourth-order valence-corrected chi connectivity index (χ4v) is 3.00. The van der Waals surface area contributed by atoms with Crippen LogP contribution in [0.4, 0.5) is 5.69 Å². The fraction of sp³-hybridized carbons (Fsp3) is 0.364. The molecular weight excluding hydrogens is 406 g/mol. The minimum absolute atomic E-state index is 0.211. The van der Waals surface area contributed by atoms with Crippen molar-refractivity contribution < 1.29 is 28.5 Å². The molecule has 0 aromatic heterocycles. The van der Waals surface area contributed by atoms with E-state index in [9.17, 15) is 9.59 Å². The Morgan fingerprint density at radius 2 is 1.47 bits per heavy atom. The highest BCUT2D eigenvalue weighted by Crippen LogP contribution is 2.39. The first kappa shape index (κ1) is 23.4. The Morgan fingerprint density at radius 3 is 1.97 bits per heavy atom. The van der Waals surface area contributed by atoms with Crippen LogP contribution in [0.5, 0.6) is 17.2 Å². The Bertz CT molecular complexity index is 826. The van der Waals surface area contributed by atoms with Gasteiger partial charge in [-0.1, -0.05) is 0 Å². The van der Waals surface area contributed by atoms with Gasteiger partial charge < -0.3 is 24.3 Å². The summed E-state index contributed by atoms with van der Waals surface area (Å²) in [5.74, 6) is 0.115. The van der Waals surface area contributed by atoms with Crippen molar-refractivity contribution >= 4 is 29.3 Å². The van der Waals surface area contributed by atoms with Crippen molar-refractivity contribution in [2.45, 2.75) is 25.7 Å². The Morgan fingerprint density at radius 1 is 0.900 bits per heavy atom. The van der Waals surface area contributed by atoms with Crippen molar-refractivity contribution in [2.24, 2.45) is 0 Å². The largest absolute Gasteiger partial charge is 0.490 e. The molecule has 0 radical (unpaired) electrons. The van der Waals surface area contributed by atoms with Crippen LogP contribution in [0.3, 0.4) is 0 Å². The molecule has 2 aromatic rings. The molecular formula is C22H27NO6S. The number of anilines is 1. The van der Waals surface area contributed by atoms with Gasteiger partial charge in [0, 0.05) is 10.6 Å². The van der Waals surface area contributed by atoms with Crippen LogP contribution in [0.25, 0.3) is 0 Å². The predicted octanol–water partition coefficient (Wildman–Crippen LogP) is 4.40. The van der Waals surface area contributed by atoms with E-state index in [1.807, 2.05) is 39.2 Å². The molecule has 162 valence electrons. The lowest BCUT2D eigenvalue weighted by Gasteiger charge is -2.16. The summed E-state index contributed by atoms with van der Waals surface area (Å²) in [5, 5.41) is 2.69. The summed E-state index contributed by atoms with van der Waals surface area (Å²) in [5.41, 5.74) is 0.842. The van der Waals surface area contributed by atoms with Crippen LogP contribution < -0.4 is 19.5 Å². The maximum atomic E-state index is 12.5. The molecule has 0 fully saturated rings. The van der Waals surface area contributed by atoms with E-state index in [0.29, 0.717) is 42.8 Å². The summed E-state index contributed by atoms with van der Waals surface area (Å²) >= 11 is 1.61. The number of carbonyl (C=O) groups is 2. The van der Waals surface area contributed by atoms with E-state index >= 15 is 0 Å². The van der Waals surface area contributed by atoms with Crippen LogP contribution in [-0.4, -0.2) is 44.6 Å². The number of benzene rings is 2. The molecule has 0 aliphatic heterocycles. The summed E-state index contributed by atoms with van der Waals surface area (Å²) in [4.78, 5) is 25.7. The minimum Gasteiger partial charge on any atom is -0.490 e. The topological polar surface area (TPSA) is 83.1 Å². The highest BCUT2D eigenvalue weighted by atomic mass is 32.2. The summed E-state index contributed by atoms with van der Waals surface area (Å²) < 4.78 is 22.0. The normalized spacial score (nSPS) is 10.3. The molecule has 0 aliphatic carbocycles. The monoisotopic (exact) mass is 433 g/mol. The van der Waals surface area contributed by atoms with Gasteiger partial charge in [0.1, 0.15) is 0 Å². The number of esters is 1. The Balaban J connectivity index is 2.08. The van der Waals surface area contributed by atoms with Crippen LogP contribution in [0.1, 0.15) is 31.1 Å². The first-order valence-corrected chi connectivity index (χ1v) is 10.9. The van der Waals surface area contributed by atoms with Gasteiger partial charge in [0.25, 0.3) is 5.91 Å². The highest BCUT2D eigenvalue weighted by Gasteiger charge is 2.20. The summed E-state index contributed by atoms with van der Waals surface area (Å²) in [7, 11) is 0. The van der Waals surface area contributed by atoms with Gasteiger partial charge in [-0.05, 0) is 63.4 Å². The van der Waals surface area contributed by atoms with Gasteiger partial charge in [0.15, 0.2) is 18.1 Å². The van der Waals surface area contributed by atoms with Gasteiger partial charge in [-0.3, -0.25) is 4.79 Å². The van der Waals surface area contributed by atoms with Crippen molar-refractivity contribution in [3.05, 3.63) is 42.0 Å². The van der Waals surface area contributed by atoms with E-state index in [1.165, 1.54) is 12.1 Å². The van der Waals surface area contributed by atoms with E-state index < -0.39 is 18.5 Å². The number of hydrogen-bond acceptors (Lipinski definition) is 7. The molecule has 2 aromatic carbocycles. The number of amides is 1. The summed E-state index contributed by atoms with van der Waals surface area (Å²) in [6, 6.07) is 10.4. The molecule has 1 amide bonds. The Kier molecular flexibility index (Phi) is 9.34. The zero-order valence-electron chi connectivity index (χ0n) is 17.7. The zero-order chi connectivity index (χ0) is 21.9. The third-order valence-electron chi connectivity index (χ3n) is 3.85. The van der Waals surface area contributed by atoms with Gasteiger partial charge >= 0.3 is 5.97 Å². The first-order valence-electron chi connectivity index (χ1n) is 9.69. The Hall–Kier alpha value is -2.87. The van der Waals surface area contributed by atoms with Crippen molar-refractivity contribution in [1.29, 1.82) is 0 Å². The lowest BCUT2D eigenvalue weighted by atomic mass is 10.2. The van der Waals surface area contributed by atoms with Crippen LogP contribution in [0.2, 0.25) is 0 Å². The van der Waals surface area contributed by atoms with Gasteiger partial charge in [-0.25, -0.2) is 4.79 Å². The second-order valence-corrected chi connectivity index (χ2v) is 6.83. The molecule has 0 unspecified atom stereocenters. The minimum atomic E-state index is -0.659. The number of ether oxygens (including phenoxy) is 4. The van der Waals surface area contributed by atoms with Gasteiger partial charge in [0.05, 0.1) is 25.4 Å². The molecule has 0 spiro atoms. The number of carbonyl (C=O) groups excluding carboxylic acids is 2. The van der Waals surface area contributed by atoms with E-state index in [4.69, 9.17) is 18.9 Å². The zero-order valence-corrected chi connectivity index (χ0v) is 18.5. The second kappa shape index (κ2) is 12.0. The van der Waals surface area contributed by atoms with Gasteiger partial charge in [-0.2, -0.15) is 0 Å². The van der Waals surface area contributed by atoms with Crippen LogP contribution in [0, 0.1) is 0 Å². The van der Waals surface area contributed by atoms with E-state index in [2.05, 4.69) is 5.32 Å². The quantitative estimate of drug-likeness (QED) is 0.415. The van der Waals surface area contributed by atoms with E-state index in [-0.39, 0.29) is 5.56 Å². The van der Waals surface area contributed by atoms with Crippen molar-refractivity contribution in [3.8, 4) is 17.2 Å². The van der Waals surface area contributed by atoms with Gasteiger partial charge in [-0.15, -0.1) is 11.8 Å². The molecule has 1 N–H and O–H groups in total.